The molecule has 6 nitrogen and oxygen atoms in total. The number of likely N-dealkylation sites (tertiary alicyclic amines) is 1. The Morgan fingerprint density at radius 3 is 3.00 bits per heavy atom. The normalized spacial score (nSPS) is 23.6. The molecular formula is C18H24N4O2. The van der Waals surface area contributed by atoms with Gasteiger partial charge in [0.25, 0.3) is 0 Å². The zero-order valence-electron chi connectivity index (χ0n) is 14.3. The molecule has 0 amide bonds. The second-order valence-electron chi connectivity index (χ2n) is 7.33. The first-order chi connectivity index (χ1) is 11.6. The lowest BCUT2D eigenvalue weighted by molar-refractivity contribution is 0.0949. The lowest BCUT2D eigenvalue weighted by Gasteiger charge is -2.40. The number of piperidine rings is 1. The van der Waals surface area contributed by atoms with Gasteiger partial charge < -0.3 is 9.47 Å². The van der Waals surface area contributed by atoms with E-state index in [0.29, 0.717) is 6.79 Å². The topological polar surface area (TPSA) is 63.3 Å². The summed E-state index contributed by atoms with van der Waals surface area (Å²) in [7, 11) is 0. The Kier molecular flexibility index (Phi) is 3.92. The van der Waals surface area contributed by atoms with Crippen molar-refractivity contribution in [3.8, 4) is 11.5 Å². The number of rotatable bonds is 4. The largest absolute Gasteiger partial charge is 0.454 e. The molecule has 1 unspecified atom stereocenters. The van der Waals surface area contributed by atoms with Crippen molar-refractivity contribution in [1.29, 1.82) is 0 Å². The zero-order chi connectivity index (χ0) is 16.6. The van der Waals surface area contributed by atoms with Crippen molar-refractivity contribution in [2.75, 3.05) is 19.9 Å². The summed E-state index contributed by atoms with van der Waals surface area (Å²) in [5.74, 6) is 3.50. The van der Waals surface area contributed by atoms with Gasteiger partial charge in [0.1, 0.15) is 5.82 Å². The van der Waals surface area contributed by atoms with E-state index in [2.05, 4.69) is 39.1 Å². The summed E-state index contributed by atoms with van der Waals surface area (Å²) in [6.45, 7) is 7.66. The van der Waals surface area contributed by atoms with E-state index in [9.17, 15) is 0 Å². The average molecular weight is 328 g/mol. The van der Waals surface area contributed by atoms with E-state index in [4.69, 9.17) is 9.47 Å². The Morgan fingerprint density at radius 1 is 1.29 bits per heavy atom. The number of aryl methyl sites for hydroxylation is 1. The number of nitrogens with zero attached hydrogens (tertiary/aromatic N) is 3. The molecule has 1 saturated heterocycles. The molecule has 6 heteroatoms. The molecule has 1 N–H and O–H groups in total. The quantitative estimate of drug-likeness (QED) is 0.935. The van der Waals surface area contributed by atoms with E-state index in [1.165, 1.54) is 18.4 Å². The summed E-state index contributed by atoms with van der Waals surface area (Å²) in [6, 6.07) is 6.32. The van der Waals surface area contributed by atoms with Crippen LogP contribution in [-0.4, -0.2) is 40.0 Å². The van der Waals surface area contributed by atoms with Gasteiger partial charge in [0.15, 0.2) is 17.3 Å². The molecule has 2 aliphatic heterocycles. The maximum absolute atomic E-state index is 5.51. The van der Waals surface area contributed by atoms with E-state index < -0.39 is 0 Å². The van der Waals surface area contributed by atoms with Gasteiger partial charge in [-0.15, -0.1) is 0 Å². The van der Waals surface area contributed by atoms with E-state index in [1.807, 2.05) is 13.0 Å². The molecule has 1 aromatic carbocycles. The Bertz CT molecular complexity index is 730. The highest BCUT2D eigenvalue weighted by molar-refractivity contribution is 5.44. The first-order valence-electron chi connectivity index (χ1n) is 8.58. The average Bonchev–Trinajstić information content (AvgIpc) is 3.15. The van der Waals surface area contributed by atoms with Crippen molar-refractivity contribution in [1.82, 2.24) is 20.1 Å². The molecule has 4 rings (SSSR count). The number of hydrogen-bond donors (Lipinski definition) is 1. The zero-order valence-corrected chi connectivity index (χ0v) is 14.3. The third-order valence-electron chi connectivity index (χ3n) is 4.94. The van der Waals surface area contributed by atoms with E-state index >= 15 is 0 Å². The van der Waals surface area contributed by atoms with Crippen LogP contribution in [0.2, 0.25) is 0 Å². The standard InChI is InChI=1S/C18H24N4O2/c1-13-19-17(21-20-13)10-22-7-3-6-18(2,11-22)9-14-4-5-15-16(8-14)24-12-23-15/h4-5,8H,3,6-7,9-12H2,1-2H3,(H,19,20,21). The second kappa shape index (κ2) is 6.09. The van der Waals surface area contributed by atoms with Crippen molar-refractivity contribution < 1.29 is 9.47 Å². The van der Waals surface area contributed by atoms with Crippen LogP contribution in [0.1, 0.15) is 37.0 Å². The lowest BCUT2D eigenvalue weighted by atomic mass is 9.77. The molecular weight excluding hydrogens is 304 g/mol. The van der Waals surface area contributed by atoms with Crippen LogP contribution in [0.25, 0.3) is 0 Å². The van der Waals surface area contributed by atoms with Crippen molar-refractivity contribution in [3.63, 3.8) is 0 Å². The summed E-state index contributed by atoms with van der Waals surface area (Å²) < 4.78 is 10.9. The summed E-state index contributed by atoms with van der Waals surface area (Å²) in [4.78, 5) is 6.91. The van der Waals surface area contributed by atoms with Gasteiger partial charge in [0.2, 0.25) is 6.79 Å². The van der Waals surface area contributed by atoms with E-state index in [1.54, 1.807) is 0 Å². The Morgan fingerprint density at radius 2 is 2.17 bits per heavy atom. The molecule has 2 aromatic rings. The smallest absolute Gasteiger partial charge is 0.231 e. The van der Waals surface area contributed by atoms with Crippen LogP contribution in [0.15, 0.2) is 18.2 Å². The Balaban J connectivity index is 1.43. The number of aromatic nitrogens is 3. The van der Waals surface area contributed by atoms with Crippen LogP contribution < -0.4 is 9.47 Å². The van der Waals surface area contributed by atoms with Crippen molar-refractivity contribution in [2.24, 2.45) is 5.41 Å². The first kappa shape index (κ1) is 15.4. The fraction of sp³-hybridized carbons (Fsp3) is 0.556. The minimum absolute atomic E-state index is 0.261. The molecule has 3 heterocycles. The number of hydrogen-bond acceptors (Lipinski definition) is 5. The van der Waals surface area contributed by atoms with Gasteiger partial charge in [0, 0.05) is 6.54 Å². The van der Waals surface area contributed by atoms with E-state index in [-0.39, 0.29) is 5.41 Å². The number of H-pyrrole nitrogens is 1. The highest BCUT2D eigenvalue weighted by atomic mass is 16.7. The fourth-order valence-corrected chi connectivity index (χ4v) is 3.91. The molecule has 24 heavy (non-hydrogen) atoms. The lowest BCUT2D eigenvalue weighted by Crippen LogP contribution is -2.42. The maximum atomic E-state index is 5.51. The van der Waals surface area contributed by atoms with Crippen molar-refractivity contribution in [2.45, 2.75) is 39.7 Å². The van der Waals surface area contributed by atoms with Crippen LogP contribution >= 0.6 is 0 Å². The molecule has 0 spiro atoms. The molecule has 1 aromatic heterocycles. The van der Waals surface area contributed by atoms with Gasteiger partial charge in [-0.05, 0) is 55.8 Å². The summed E-state index contributed by atoms with van der Waals surface area (Å²) in [5.41, 5.74) is 1.58. The van der Waals surface area contributed by atoms with Crippen molar-refractivity contribution in [3.05, 3.63) is 35.4 Å². The number of fused-ring (bicyclic) bond motifs is 1. The van der Waals surface area contributed by atoms with Crippen LogP contribution in [0.3, 0.4) is 0 Å². The Hall–Kier alpha value is -2.08. The van der Waals surface area contributed by atoms with Crippen LogP contribution in [0.4, 0.5) is 0 Å². The molecule has 1 fully saturated rings. The summed E-state index contributed by atoms with van der Waals surface area (Å²) >= 11 is 0. The number of ether oxygens (including phenoxy) is 2. The van der Waals surface area contributed by atoms with Crippen LogP contribution in [-0.2, 0) is 13.0 Å². The number of benzene rings is 1. The van der Waals surface area contributed by atoms with Gasteiger partial charge in [-0.2, -0.15) is 5.10 Å². The van der Waals surface area contributed by atoms with Crippen LogP contribution in [0, 0.1) is 12.3 Å². The van der Waals surface area contributed by atoms with Gasteiger partial charge >= 0.3 is 0 Å². The molecule has 1 atom stereocenters. The molecule has 0 radical (unpaired) electrons. The highest BCUT2D eigenvalue weighted by Gasteiger charge is 2.32. The van der Waals surface area contributed by atoms with Gasteiger partial charge in [-0.25, -0.2) is 4.98 Å². The molecule has 0 bridgehead atoms. The van der Waals surface area contributed by atoms with E-state index in [0.717, 1.165) is 49.2 Å². The summed E-state index contributed by atoms with van der Waals surface area (Å²) in [5, 5.41) is 7.20. The molecule has 128 valence electrons. The SMILES string of the molecule is Cc1nc(CN2CCCC(C)(Cc3ccc4c(c3)OCO4)C2)n[nH]1. The monoisotopic (exact) mass is 328 g/mol. The maximum Gasteiger partial charge on any atom is 0.231 e. The highest BCUT2D eigenvalue weighted by Crippen LogP contribution is 2.37. The predicted molar refractivity (Wildman–Crippen MR) is 90.0 cm³/mol. The summed E-state index contributed by atoms with van der Waals surface area (Å²) in [6.07, 6.45) is 3.50. The fourth-order valence-electron chi connectivity index (χ4n) is 3.91. The minimum atomic E-state index is 0.261. The number of aromatic amines is 1. The molecule has 2 aliphatic rings. The predicted octanol–water partition coefficient (Wildman–Crippen LogP) is 2.69. The second-order valence-corrected chi connectivity index (χ2v) is 7.33. The first-order valence-corrected chi connectivity index (χ1v) is 8.58. The molecule has 0 aliphatic carbocycles. The van der Waals surface area contributed by atoms with Crippen LogP contribution in [0.5, 0.6) is 11.5 Å². The minimum Gasteiger partial charge on any atom is -0.454 e. The molecule has 0 saturated carbocycles. The third kappa shape index (κ3) is 3.24. The van der Waals surface area contributed by atoms with Gasteiger partial charge in [0.05, 0.1) is 6.54 Å². The Labute approximate surface area is 142 Å². The van der Waals surface area contributed by atoms with Crippen molar-refractivity contribution >= 4 is 0 Å². The van der Waals surface area contributed by atoms with Gasteiger partial charge in [-0.1, -0.05) is 13.0 Å². The number of nitrogens with one attached hydrogen (secondary N) is 1. The third-order valence-corrected chi connectivity index (χ3v) is 4.94. The van der Waals surface area contributed by atoms with Gasteiger partial charge in [-0.3, -0.25) is 10.00 Å².